The van der Waals surface area contributed by atoms with Gasteiger partial charge in [0.05, 0.1) is 24.3 Å². The minimum atomic E-state index is -0.657. The van der Waals surface area contributed by atoms with E-state index in [2.05, 4.69) is 21.2 Å². The zero-order valence-corrected chi connectivity index (χ0v) is 13.5. The molecule has 2 N–H and O–H groups in total. The monoisotopic (exact) mass is 347 g/mol. The summed E-state index contributed by atoms with van der Waals surface area (Å²) in [5.41, 5.74) is 1.16. The van der Waals surface area contributed by atoms with Crippen LogP contribution in [0.15, 0.2) is 22.7 Å². The van der Waals surface area contributed by atoms with Gasteiger partial charge in [-0.3, -0.25) is 0 Å². The van der Waals surface area contributed by atoms with Crippen LogP contribution >= 0.6 is 15.9 Å². The first-order valence-corrected chi connectivity index (χ1v) is 7.27. The zero-order chi connectivity index (χ0) is 14.8. The molecule has 1 aromatic carbocycles. The molecule has 20 heavy (non-hydrogen) atoms. The van der Waals surface area contributed by atoms with Gasteiger partial charge in [-0.25, -0.2) is 0 Å². The van der Waals surface area contributed by atoms with Gasteiger partial charge in [0.1, 0.15) is 18.5 Å². The third-order valence-electron chi connectivity index (χ3n) is 2.55. The standard InChI is InChI=1S/C14H22BrNO4/c1-16-8-11-3-4-14(13(15)7-11)20-10-12(17)9-19-6-5-18-2/h3-4,7,12,16-17H,5-6,8-10H2,1-2H3. The Labute approximate surface area is 128 Å². The number of hydrogen-bond acceptors (Lipinski definition) is 5. The Hall–Kier alpha value is -0.660. The SMILES string of the molecule is CNCc1ccc(OCC(O)COCCOC)c(Br)c1. The molecule has 0 aromatic heterocycles. The van der Waals surface area contributed by atoms with E-state index in [9.17, 15) is 5.11 Å². The molecule has 0 aliphatic heterocycles. The fraction of sp³-hybridized carbons (Fsp3) is 0.571. The molecule has 1 atom stereocenters. The number of benzene rings is 1. The van der Waals surface area contributed by atoms with E-state index < -0.39 is 6.10 Å². The van der Waals surface area contributed by atoms with Gasteiger partial charge in [0.2, 0.25) is 0 Å². The summed E-state index contributed by atoms with van der Waals surface area (Å²) < 4.78 is 16.5. The first kappa shape index (κ1) is 17.4. The summed E-state index contributed by atoms with van der Waals surface area (Å²) in [5.74, 6) is 0.709. The number of ether oxygens (including phenoxy) is 3. The number of halogens is 1. The van der Waals surface area contributed by atoms with Crippen molar-refractivity contribution in [2.75, 3.05) is 40.6 Å². The van der Waals surface area contributed by atoms with Crippen molar-refractivity contribution >= 4 is 15.9 Å². The number of rotatable bonds is 10. The topological polar surface area (TPSA) is 60.0 Å². The summed E-state index contributed by atoms with van der Waals surface area (Å²) >= 11 is 3.46. The highest BCUT2D eigenvalue weighted by molar-refractivity contribution is 9.10. The van der Waals surface area contributed by atoms with Crippen molar-refractivity contribution in [3.05, 3.63) is 28.2 Å². The molecule has 0 radical (unpaired) electrons. The molecule has 0 bridgehead atoms. The summed E-state index contributed by atoms with van der Waals surface area (Å²) in [6.07, 6.45) is -0.657. The van der Waals surface area contributed by atoms with Gasteiger partial charge >= 0.3 is 0 Å². The van der Waals surface area contributed by atoms with Crippen molar-refractivity contribution in [2.24, 2.45) is 0 Å². The average Bonchev–Trinajstić information content (AvgIpc) is 2.43. The Balaban J connectivity index is 2.33. The zero-order valence-electron chi connectivity index (χ0n) is 11.9. The molecular weight excluding hydrogens is 326 g/mol. The highest BCUT2D eigenvalue weighted by Crippen LogP contribution is 2.26. The summed E-state index contributed by atoms with van der Waals surface area (Å²) in [6, 6.07) is 5.86. The lowest BCUT2D eigenvalue weighted by molar-refractivity contribution is -0.00429. The van der Waals surface area contributed by atoms with Crippen LogP contribution in [0.2, 0.25) is 0 Å². The van der Waals surface area contributed by atoms with Crippen LogP contribution in [-0.4, -0.2) is 51.8 Å². The van der Waals surface area contributed by atoms with Crippen LogP contribution in [0, 0.1) is 0 Å². The van der Waals surface area contributed by atoms with Crippen LogP contribution in [0.1, 0.15) is 5.56 Å². The lowest BCUT2D eigenvalue weighted by atomic mass is 10.2. The maximum Gasteiger partial charge on any atom is 0.133 e. The molecule has 0 fully saturated rings. The third kappa shape index (κ3) is 6.67. The van der Waals surface area contributed by atoms with E-state index >= 15 is 0 Å². The highest BCUT2D eigenvalue weighted by Gasteiger charge is 2.08. The number of aliphatic hydroxyl groups is 1. The molecule has 5 nitrogen and oxygen atoms in total. The summed E-state index contributed by atoms with van der Waals surface area (Å²) in [4.78, 5) is 0. The first-order valence-electron chi connectivity index (χ1n) is 6.48. The number of hydrogen-bond donors (Lipinski definition) is 2. The fourth-order valence-corrected chi connectivity index (χ4v) is 2.11. The molecule has 0 aliphatic carbocycles. The van der Waals surface area contributed by atoms with Gasteiger partial charge in [-0.05, 0) is 40.7 Å². The Morgan fingerprint density at radius 2 is 2.10 bits per heavy atom. The molecule has 114 valence electrons. The van der Waals surface area contributed by atoms with Gasteiger partial charge in [0.25, 0.3) is 0 Å². The average molecular weight is 348 g/mol. The predicted octanol–water partition coefficient (Wildman–Crippen LogP) is 1.57. The molecule has 1 unspecified atom stereocenters. The molecule has 0 saturated heterocycles. The molecule has 0 heterocycles. The second-order valence-electron chi connectivity index (χ2n) is 4.33. The van der Waals surface area contributed by atoms with E-state index in [1.165, 1.54) is 0 Å². The Bertz CT molecular complexity index is 389. The fourth-order valence-electron chi connectivity index (χ4n) is 1.57. The van der Waals surface area contributed by atoms with Crippen molar-refractivity contribution in [1.82, 2.24) is 5.32 Å². The van der Waals surface area contributed by atoms with Crippen molar-refractivity contribution < 1.29 is 19.3 Å². The maximum absolute atomic E-state index is 9.72. The van der Waals surface area contributed by atoms with E-state index in [1.54, 1.807) is 7.11 Å². The van der Waals surface area contributed by atoms with E-state index in [1.807, 2.05) is 25.2 Å². The summed E-state index contributed by atoms with van der Waals surface area (Å²) in [5, 5.41) is 12.8. The first-order chi connectivity index (χ1) is 9.67. The number of methoxy groups -OCH3 is 1. The second kappa shape index (κ2) is 10.1. The van der Waals surface area contributed by atoms with Crippen molar-refractivity contribution in [2.45, 2.75) is 12.6 Å². The van der Waals surface area contributed by atoms with Crippen LogP contribution in [-0.2, 0) is 16.0 Å². The van der Waals surface area contributed by atoms with E-state index in [-0.39, 0.29) is 13.2 Å². The van der Waals surface area contributed by atoms with Gasteiger partial charge in [0, 0.05) is 13.7 Å². The Morgan fingerprint density at radius 1 is 1.30 bits per heavy atom. The maximum atomic E-state index is 9.72. The molecule has 6 heteroatoms. The van der Waals surface area contributed by atoms with Crippen LogP contribution in [0.3, 0.4) is 0 Å². The third-order valence-corrected chi connectivity index (χ3v) is 3.17. The molecular formula is C14H22BrNO4. The van der Waals surface area contributed by atoms with Gasteiger partial charge in [-0.1, -0.05) is 6.07 Å². The summed E-state index contributed by atoms with van der Waals surface area (Å²) in [7, 11) is 3.51. The van der Waals surface area contributed by atoms with Gasteiger partial charge in [-0.2, -0.15) is 0 Å². The Kier molecular flexibility index (Phi) is 8.80. The van der Waals surface area contributed by atoms with Crippen LogP contribution in [0.5, 0.6) is 5.75 Å². The minimum Gasteiger partial charge on any atom is -0.490 e. The van der Waals surface area contributed by atoms with Crippen LogP contribution in [0.4, 0.5) is 0 Å². The van der Waals surface area contributed by atoms with E-state index in [4.69, 9.17) is 14.2 Å². The van der Waals surface area contributed by atoms with Gasteiger partial charge in [0.15, 0.2) is 0 Å². The molecule has 0 spiro atoms. The molecule has 1 aromatic rings. The molecule has 0 aliphatic rings. The van der Waals surface area contributed by atoms with E-state index in [0.29, 0.717) is 19.0 Å². The second-order valence-corrected chi connectivity index (χ2v) is 5.18. The van der Waals surface area contributed by atoms with Crippen molar-refractivity contribution in [3.8, 4) is 5.75 Å². The molecule has 0 saturated carbocycles. The van der Waals surface area contributed by atoms with Gasteiger partial charge in [-0.15, -0.1) is 0 Å². The molecule has 0 amide bonds. The number of aliphatic hydroxyl groups excluding tert-OH is 1. The molecule has 1 rings (SSSR count). The summed E-state index contributed by atoms with van der Waals surface area (Å²) in [6.45, 7) is 2.21. The van der Waals surface area contributed by atoms with E-state index in [0.717, 1.165) is 16.6 Å². The van der Waals surface area contributed by atoms with Crippen LogP contribution < -0.4 is 10.1 Å². The lowest BCUT2D eigenvalue weighted by Crippen LogP contribution is -2.24. The normalized spacial score (nSPS) is 12.4. The number of nitrogens with one attached hydrogen (secondary N) is 1. The van der Waals surface area contributed by atoms with Crippen molar-refractivity contribution in [3.63, 3.8) is 0 Å². The largest absolute Gasteiger partial charge is 0.490 e. The Morgan fingerprint density at radius 3 is 2.75 bits per heavy atom. The lowest BCUT2D eigenvalue weighted by Gasteiger charge is -2.14. The quantitative estimate of drug-likeness (QED) is 0.629. The minimum absolute atomic E-state index is 0.191. The van der Waals surface area contributed by atoms with Crippen molar-refractivity contribution in [1.29, 1.82) is 0 Å². The van der Waals surface area contributed by atoms with Gasteiger partial charge < -0.3 is 24.6 Å². The predicted molar refractivity (Wildman–Crippen MR) is 81.1 cm³/mol. The highest BCUT2D eigenvalue weighted by atomic mass is 79.9. The van der Waals surface area contributed by atoms with Crippen LogP contribution in [0.25, 0.3) is 0 Å². The smallest absolute Gasteiger partial charge is 0.133 e.